The number of ether oxygens (including phenoxy) is 1. The first-order valence-corrected chi connectivity index (χ1v) is 5.50. The monoisotopic (exact) mass is 218 g/mol. The van der Waals surface area contributed by atoms with Crippen molar-refractivity contribution in [3.05, 3.63) is 0 Å². The second-order valence-corrected chi connectivity index (χ2v) is 4.01. The van der Waals surface area contributed by atoms with Gasteiger partial charge in [0.1, 0.15) is 6.04 Å². The van der Waals surface area contributed by atoms with E-state index in [0.29, 0.717) is 12.3 Å². The lowest BCUT2D eigenvalue weighted by Gasteiger charge is -2.32. The maximum Gasteiger partial charge on any atom is 0.329 e. The fourth-order valence-corrected chi connectivity index (χ4v) is 2.35. The van der Waals surface area contributed by atoms with Gasteiger partial charge in [0.15, 0.2) is 0 Å². The standard InChI is InChI=1S/C8H14N2O3S/c1-9-8(12)10-3-4-14-5-6(10)7(11)13-2/h6H,3-5H2,1-2H3,(H,9,12). The minimum Gasteiger partial charge on any atom is -0.467 e. The largest absolute Gasteiger partial charge is 0.467 e. The molecule has 1 N–H and O–H groups in total. The molecule has 0 aromatic carbocycles. The Morgan fingerprint density at radius 1 is 1.57 bits per heavy atom. The summed E-state index contributed by atoms with van der Waals surface area (Å²) in [6, 6.07) is -0.667. The minimum atomic E-state index is -0.446. The Balaban J connectivity index is 2.68. The van der Waals surface area contributed by atoms with E-state index in [-0.39, 0.29) is 12.0 Å². The van der Waals surface area contributed by atoms with Gasteiger partial charge in [0.2, 0.25) is 0 Å². The van der Waals surface area contributed by atoms with Crippen LogP contribution in [0.3, 0.4) is 0 Å². The van der Waals surface area contributed by atoms with E-state index in [0.717, 1.165) is 5.75 Å². The van der Waals surface area contributed by atoms with E-state index in [1.165, 1.54) is 12.0 Å². The van der Waals surface area contributed by atoms with Crippen molar-refractivity contribution in [2.24, 2.45) is 0 Å². The van der Waals surface area contributed by atoms with Gasteiger partial charge < -0.3 is 15.0 Å². The number of amides is 2. The maximum absolute atomic E-state index is 11.4. The first-order chi connectivity index (χ1) is 6.70. The number of nitrogens with zero attached hydrogens (tertiary/aromatic N) is 1. The third-order valence-electron chi connectivity index (χ3n) is 2.08. The second kappa shape index (κ2) is 5.09. The first-order valence-electron chi connectivity index (χ1n) is 4.34. The van der Waals surface area contributed by atoms with Gasteiger partial charge in [-0.2, -0.15) is 11.8 Å². The third-order valence-corrected chi connectivity index (χ3v) is 3.10. The summed E-state index contributed by atoms with van der Waals surface area (Å²) in [6.45, 7) is 0.587. The van der Waals surface area contributed by atoms with Crippen LogP contribution in [0.25, 0.3) is 0 Å². The summed E-state index contributed by atoms with van der Waals surface area (Å²) in [5, 5.41) is 2.51. The number of nitrogens with one attached hydrogen (secondary N) is 1. The Bertz CT molecular complexity index is 211. The number of carbonyl (C=O) groups excluding carboxylic acids is 2. The lowest BCUT2D eigenvalue weighted by molar-refractivity contribution is -0.145. The Morgan fingerprint density at radius 3 is 2.86 bits per heavy atom. The molecule has 0 saturated carbocycles. The molecule has 1 aliphatic heterocycles. The zero-order chi connectivity index (χ0) is 10.6. The van der Waals surface area contributed by atoms with Crippen LogP contribution in [0.2, 0.25) is 0 Å². The molecule has 0 radical (unpaired) electrons. The molecule has 5 nitrogen and oxygen atoms in total. The molecule has 0 aromatic heterocycles. The van der Waals surface area contributed by atoms with Crippen LogP contribution in [0.1, 0.15) is 0 Å². The lowest BCUT2D eigenvalue weighted by Crippen LogP contribution is -2.53. The van der Waals surface area contributed by atoms with Crippen molar-refractivity contribution in [3.8, 4) is 0 Å². The maximum atomic E-state index is 11.4. The van der Waals surface area contributed by atoms with E-state index in [2.05, 4.69) is 10.1 Å². The molecule has 0 aromatic rings. The highest BCUT2D eigenvalue weighted by atomic mass is 32.2. The average molecular weight is 218 g/mol. The van der Waals surface area contributed by atoms with E-state index < -0.39 is 6.04 Å². The summed E-state index contributed by atoms with van der Waals surface area (Å²) in [5.74, 6) is 1.13. The van der Waals surface area contributed by atoms with Crippen LogP contribution in [-0.2, 0) is 9.53 Å². The second-order valence-electron chi connectivity index (χ2n) is 2.86. The molecular weight excluding hydrogens is 204 g/mol. The van der Waals surface area contributed by atoms with Crippen molar-refractivity contribution in [1.82, 2.24) is 10.2 Å². The predicted octanol–water partition coefficient (Wildman–Crippen LogP) is -0.0838. The Labute approximate surface area is 87.2 Å². The quantitative estimate of drug-likeness (QED) is 0.625. The summed E-state index contributed by atoms with van der Waals surface area (Å²) >= 11 is 1.66. The van der Waals surface area contributed by atoms with Gasteiger partial charge in [-0.15, -0.1) is 0 Å². The molecule has 1 rings (SSSR count). The van der Waals surface area contributed by atoms with Crippen molar-refractivity contribution >= 4 is 23.8 Å². The van der Waals surface area contributed by atoms with Crippen LogP contribution >= 0.6 is 11.8 Å². The fourth-order valence-electron chi connectivity index (χ4n) is 1.32. The van der Waals surface area contributed by atoms with Crippen LogP contribution in [0.4, 0.5) is 4.79 Å². The number of hydrogen-bond acceptors (Lipinski definition) is 4. The van der Waals surface area contributed by atoms with E-state index in [9.17, 15) is 9.59 Å². The number of urea groups is 1. The molecule has 14 heavy (non-hydrogen) atoms. The highest BCUT2D eigenvalue weighted by molar-refractivity contribution is 7.99. The van der Waals surface area contributed by atoms with Crippen LogP contribution in [0.5, 0.6) is 0 Å². The Hall–Kier alpha value is -0.910. The number of esters is 1. The van der Waals surface area contributed by atoms with Crippen molar-refractivity contribution in [1.29, 1.82) is 0 Å². The fraction of sp³-hybridized carbons (Fsp3) is 0.750. The van der Waals surface area contributed by atoms with Crippen LogP contribution in [0.15, 0.2) is 0 Å². The van der Waals surface area contributed by atoms with Gasteiger partial charge in [-0.1, -0.05) is 0 Å². The topological polar surface area (TPSA) is 58.6 Å². The van der Waals surface area contributed by atoms with E-state index in [1.807, 2.05) is 0 Å². The molecule has 1 fully saturated rings. The predicted molar refractivity (Wildman–Crippen MR) is 54.3 cm³/mol. The van der Waals surface area contributed by atoms with Gasteiger partial charge >= 0.3 is 12.0 Å². The normalized spacial score (nSPS) is 21.6. The molecule has 6 heteroatoms. The van der Waals surface area contributed by atoms with Crippen molar-refractivity contribution in [2.45, 2.75) is 6.04 Å². The molecule has 0 aliphatic carbocycles. The molecule has 2 amide bonds. The van der Waals surface area contributed by atoms with E-state index in [4.69, 9.17) is 0 Å². The molecule has 1 unspecified atom stereocenters. The number of hydrogen-bond donors (Lipinski definition) is 1. The van der Waals surface area contributed by atoms with Gasteiger partial charge in [0.05, 0.1) is 7.11 Å². The van der Waals surface area contributed by atoms with Crippen LogP contribution in [0, 0.1) is 0 Å². The van der Waals surface area contributed by atoms with Gasteiger partial charge in [0.25, 0.3) is 0 Å². The first kappa shape index (κ1) is 11.2. The number of thioether (sulfide) groups is 1. The lowest BCUT2D eigenvalue weighted by atomic mass is 10.3. The van der Waals surface area contributed by atoms with E-state index >= 15 is 0 Å². The van der Waals surface area contributed by atoms with Crippen molar-refractivity contribution < 1.29 is 14.3 Å². The minimum absolute atomic E-state index is 0.222. The number of methoxy groups -OCH3 is 1. The Morgan fingerprint density at radius 2 is 2.29 bits per heavy atom. The summed E-state index contributed by atoms with van der Waals surface area (Å²) in [5.41, 5.74) is 0. The van der Waals surface area contributed by atoms with Crippen LogP contribution < -0.4 is 5.32 Å². The third kappa shape index (κ3) is 2.31. The summed E-state index contributed by atoms with van der Waals surface area (Å²) in [7, 11) is 2.89. The van der Waals surface area contributed by atoms with Gasteiger partial charge in [0, 0.05) is 25.1 Å². The van der Waals surface area contributed by atoms with Gasteiger partial charge in [-0.25, -0.2) is 9.59 Å². The Kier molecular flexibility index (Phi) is 4.06. The van der Waals surface area contributed by atoms with E-state index in [1.54, 1.807) is 18.8 Å². The number of rotatable bonds is 1. The zero-order valence-corrected chi connectivity index (χ0v) is 9.10. The molecule has 1 aliphatic rings. The van der Waals surface area contributed by atoms with Gasteiger partial charge in [-0.3, -0.25) is 0 Å². The molecular formula is C8H14N2O3S. The smallest absolute Gasteiger partial charge is 0.329 e. The van der Waals surface area contributed by atoms with Crippen molar-refractivity contribution in [2.75, 3.05) is 32.2 Å². The van der Waals surface area contributed by atoms with Gasteiger partial charge in [-0.05, 0) is 0 Å². The number of carbonyl (C=O) groups is 2. The SMILES string of the molecule is CNC(=O)N1CCSCC1C(=O)OC. The molecule has 1 atom stereocenters. The highest BCUT2D eigenvalue weighted by Crippen LogP contribution is 2.17. The summed E-state index contributed by atoms with van der Waals surface area (Å²) in [6.07, 6.45) is 0. The molecule has 0 bridgehead atoms. The summed E-state index contributed by atoms with van der Waals surface area (Å²) in [4.78, 5) is 24.3. The zero-order valence-electron chi connectivity index (χ0n) is 8.28. The average Bonchev–Trinajstić information content (AvgIpc) is 2.27. The highest BCUT2D eigenvalue weighted by Gasteiger charge is 2.32. The van der Waals surface area contributed by atoms with Crippen molar-refractivity contribution in [3.63, 3.8) is 0 Å². The molecule has 1 heterocycles. The molecule has 80 valence electrons. The molecule has 1 saturated heterocycles. The summed E-state index contributed by atoms with van der Waals surface area (Å²) < 4.78 is 4.64. The van der Waals surface area contributed by atoms with Crippen LogP contribution in [-0.4, -0.2) is 55.2 Å². The molecule has 0 spiro atoms.